The lowest BCUT2D eigenvalue weighted by Crippen LogP contribution is -2.15. The molecule has 2 aromatic heterocycles. The van der Waals surface area contributed by atoms with Crippen LogP contribution in [0.3, 0.4) is 0 Å². The molecule has 0 saturated carbocycles. The molecular formula is C22H17Br2N5OS. The summed E-state index contributed by atoms with van der Waals surface area (Å²) in [6.07, 6.45) is 3.46. The van der Waals surface area contributed by atoms with E-state index < -0.39 is 0 Å². The SMILES string of the molecule is Cc1ccc(NC(=O)CSc2nnc(-c3cccnc3)n2-c2ccc(Br)cc2)c(Br)c1. The normalized spacial score (nSPS) is 10.8. The molecule has 0 spiro atoms. The number of nitrogens with zero attached hydrogens (tertiary/aromatic N) is 4. The van der Waals surface area contributed by atoms with E-state index in [1.165, 1.54) is 11.8 Å². The van der Waals surface area contributed by atoms with Crippen LogP contribution in [0.5, 0.6) is 0 Å². The predicted octanol–water partition coefficient (Wildman–Crippen LogP) is 5.89. The van der Waals surface area contributed by atoms with Crippen molar-refractivity contribution in [3.63, 3.8) is 0 Å². The third-order valence-electron chi connectivity index (χ3n) is 4.37. The Kier molecular flexibility index (Phi) is 6.84. The first kappa shape index (κ1) is 21.7. The van der Waals surface area contributed by atoms with Crippen molar-refractivity contribution in [1.82, 2.24) is 19.7 Å². The summed E-state index contributed by atoms with van der Waals surface area (Å²) in [6, 6.07) is 17.5. The van der Waals surface area contributed by atoms with Gasteiger partial charge in [-0.3, -0.25) is 14.3 Å². The summed E-state index contributed by atoms with van der Waals surface area (Å²) in [5.74, 6) is 0.740. The van der Waals surface area contributed by atoms with E-state index >= 15 is 0 Å². The summed E-state index contributed by atoms with van der Waals surface area (Å²) < 4.78 is 3.76. The van der Waals surface area contributed by atoms with Gasteiger partial charge in [0.05, 0.1) is 11.4 Å². The van der Waals surface area contributed by atoms with Crippen molar-refractivity contribution < 1.29 is 4.79 Å². The first-order valence-electron chi connectivity index (χ1n) is 9.32. The van der Waals surface area contributed by atoms with Gasteiger partial charge in [0.1, 0.15) is 0 Å². The Hall–Kier alpha value is -2.49. The van der Waals surface area contributed by atoms with Gasteiger partial charge in [0.2, 0.25) is 5.91 Å². The number of nitrogens with one attached hydrogen (secondary N) is 1. The number of amides is 1. The molecule has 0 aliphatic carbocycles. The number of halogens is 2. The van der Waals surface area contributed by atoms with Gasteiger partial charge in [-0.25, -0.2) is 0 Å². The maximum atomic E-state index is 12.6. The quantitative estimate of drug-likeness (QED) is 0.298. The predicted molar refractivity (Wildman–Crippen MR) is 131 cm³/mol. The molecule has 4 rings (SSSR count). The van der Waals surface area contributed by atoms with Gasteiger partial charge in [-0.2, -0.15) is 0 Å². The van der Waals surface area contributed by atoms with Gasteiger partial charge in [0.15, 0.2) is 11.0 Å². The van der Waals surface area contributed by atoms with Crippen LogP contribution in [0.25, 0.3) is 17.1 Å². The number of thioether (sulfide) groups is 1. The Morgan fingerprint density at radius 2 is 1.90 bits per heavy atom. The first-order valence-corrected chi connectivity index (χ1v) is 11.9. The minimum Gasteiger partial charge on any atom is -0.324 e. The van der Waals surface area contributed by atoms with Crippen molar-refractivity contribution in [1.29, 1.82) is 0 Å². The lowest BCUT2D eigenvalue weighted by atomic mass is 10.2. The van der Waals surface area contributed by atoms with Crippen LogP contribution >= 0.6 is 43.6 Å². The van der Waals surface area contributed by atoms with Crippen molar-refractivity contribution in [2.45, 2.75) is 12.1 Å². The second-order valence-electron chi connectivity index (χ2n) is 6.68. The Morgan fingerprint density at radius 3 is 2.61 bits per heavy atom. The van der Waals surface area contributed by atoms with E-state index in [-0.39, 0.29) is 11.7 Å². The van der Waals surface area contributed by atoms with E-state index in [1.54, 1.807) is 12.4 Å². The number of carbonyl (C=O) groups excluding carboxylic acids is 1. The highest BCUT2D eigenvalue weighted by atomic mass is 79.9. The molecule has 0 aliphatic heterocycles. The average molecular weight is 559 g/mol. The number of pyridine rings is 1. The van der Waals surface area contributed by atoms with E-state index in [4.69, 9.17) is 0 Å². The highest BCUT2D eigenvalue weighted by Gasteiger charge is 2.18. The Morgan fingerprint density at radius 1 is 1.10 bits per heavy atom. The Balaban J connectivity index is 1.58. The molecule has 2 heterocycles. The molecular weight excluding hydrogens is 542 g/mol. The molecule has 0 fully saturated rings. The number of hydrogen-bond acceptors (Lipinski definition) is 5. The fraction of sp³-hybridized carbons (Fsp3) is 0.0909. The van der Waals surface area contributed by atoms with E-state index in [9.17, 15) is 4.79 Å². The van der Waals surface area contributed by atoms with Gasteiger partial charge in [0.25, 0.3) is 0 Å². The molecule has 2 aromatic carbocycles. The standard InChI is InChI=1S/C22H17Br2N5OS/c1-14-4-9-19(18(24)11-14)26-20(30)13-31-22-28-27-21(15-3-2-10-25-12-15)29(22)17-7-5-16(23)6-8-17/h2-12H,13H2,1H3,(H,26,30). The second-order valence-corrected chi connectivity index (χ2v) is 9.39. The van der Waals surface area contributed by atoms with Crippen molar-refractivity contribution in [2.24, 2.45) is 0 Å². The molecule has 31 heavy (non-hydrogen) atoms. The third kappa shape index (κ3) is 5.23. The topological polar surface area (TPSA) is 72.7 Å². The number of carbonyl (C=O) groups is 1. The zero-order valence-corrected chi connectivity index (χ0v) is 20.4. The van der Waals surface area contributed by atoms with E-state index in [0.717, 1.165) is 31.4 Å². The molecule has 0 unspecified atom stereocenters. The maximum absolute atomic E-state index is 12.6. The summed E-state index contributed by atoms with van der Waals surface area (Å²) in [6.45, 7) is 2.00. The molecule has 6 nitrogen and oxygen atoms in total. The number of rotatable bonds is 6. The molecule has 0 bridgehead atoms. The van der Waals surface area contributed by atoms with Gasteiger partial charge in [-0.05, 0) is 76.9 Å². The molecule has 0 saturated heterocycles. The van der Waals surface area contributed by atoms with Crippen LogP contribution in [0.15, 0.2) is 81.1 Å². The highest BCUT2D eigenvalue weighted by Crippen LogP contribution is 2.29. The molecule has 156 valence electrons. The minimum atomic E-state index is -0.122. The van der Waals surface area contributed by atoms with Gasteiger partial charge < -0.3 is 5.32 Å². The summed E-state index contributed by atoms with van der Waals surface area (Å²) in [5.41, 5.74) is 3.60. The van der Waals surface area contributed by atoms with Crippen LogP contribution in [-0.4, -0.2) is 31.4 Å². The molecule has 9 heteroatoms. The number of hydrogen-bond donors (Lipinski definition) is 1. The first-order chi connectivity index (χ1) is 15.0. The zero-order chi connectivity index (χ0) is 21.8. The zero-order valence-electron chi connectivity index (χ0n) is 16.4. The minimum absolute atomic E-state index is 0.122. The van der Waals surface area contributed by atoms with E-state index in [1.807, 2.05) is 66.1 Å². The van der Waals surface area contributed by atoms with Crippen LogP contribution in [0.1, 0.15) is 5.56 Å². The van der Waals surface area contributed by atoms with Gasteiger partial charge in [-0.1, -0.05) is 33.8 Å². The van der Waals surface area contributed by atoms with E-state index in [2.05, 4.69) is 52.4 Å². The summed E-state index contributed by atoms with van der Waals surface area (Å²) >= 11 is 8.29. The van der Waals surface area contributed by atoms with Crippen LogP contribution in [-0.2, 0) is 4.79 Å². The average Bonchev–Trinajstić information content (AvgIpc) is 3.19. The molecule has 0 radical (unpaired) electrons. The van der Waals surface area contributed by atoms with Crippen LogP contribution in [0.4, 0.5) is 5.69 Å². The summed E-state index contributed by atoms with van der Waals surface area (Å²) in [4.78, 5) is 16.8. The molecule has 1 amide bonds. The monoisotopic (exact) mass is 557 g/mol. The van der Waals surface area contributed by atoms with Crippen LogP contribution < -0.4 is 5.32 Å². The molecule has 0 aliphatic rings. The van der Waals surface area contributed by atoms with Gasteiger partial charge >= 0.3 is 0 Å². The van der Waals surface area contributed by atoms with Crippen molar-refractivity contribution in [2.75, 3.05) is 11.1 Å². The largest absolute Gasteiger partial charge is 0.324 e. The second kappa shape index (κ2) is 9.76. The van der Waals surface area contributed by atoms with Crippen molar-refractivity contribution >= 4 is 55.2 Å². The number of benzene rings is 2. The Labute approximate surface area is 200 Å². The fourth-order valence-corrected chi connectivity index (χ4v) is 4.51. The summed E-state index contributed by atoms with van der Waals surface area (Å²) in [7, 11) is 0. The lowest BCUT2D eigenvalue weighted by molar-refractivity contribution is -0.113. The number of aryl methyl sites for hydroxylation is 1. The number of aromatic nitrogens is 4. The lowest BCUT2D eigenvalue weighted by Gasteiger charge is -2.11. The molecule has 4 aromatic rings. The maximum Gasteiger partial charge on any atom is 0.234 e. The van der Waals surface area contributed by atoms with Crippen molar-refractivity contribution in [3.05, 3.63) is 81.5 Å². The fourth-order valence-electron chi connectivity index (χ4n) is 2.91. The van der Waals surface area contributed by atoms with Gasteiger partial charge in [-0.15, -0.1) is 10.2 Å². The molecule has 1 N–H and O–H groups in total. The summed E-state index contributed by atoms with van der Waals surface area (Å²) in [5, 5.41) is 12.3. The Bertz CT molecular complexity index is 1210. The van der Waals surface area contributed by atoms with Crippen LogP contribution in [0, 0.1) is 6.92 Å². The van der Waals surface area contributed by atoms with E-state index in [0.29, 0.717) is 11.0 Å². The number of anilines is 1. The van der Waals surface area contributed by atoms with Crippen LogP contribution in [0.2, 0.25) is 0 Å². The van der Waals surface area contributed by atoms with Gasteiger partial charge in [0, 0.05) is 32.6 Å². The van der Waals surface area contributed by atoms with Crippen molar-refractivity contribution in [3.8, 4) is 17.1 Å². The smallest absolute Gasteiger partial charge is 0.234 e. The molecule has 0 atom stereocenters. The third-order valence-corrected chi connectivity index (χ3v) is 6.48. The highest BCUT2D eigenvalue weighted by molar-refractivity contribution is 9.10.